The fraction of sp³-hybridized carbons (Fsp3) is 0.714. The van der Waals surface area contributed by atoms with Gasteiger partial charge >= 0.3 is 5.97 Å². The van der Waals surface area contributed by atoms with Crippen LogP contribution < -0.4 is 5.32 Å². The number of carbonyl (C=O) groups is 1. The van der Waals surface area contributed by atoms with Crippen LogP contribution >= 0.6 is 0 Å². The molecule has 1 rings (SSSR count). The Morgan fingerprint density at radius 2 is 2.26 bits per heavy atom. The molecule has 2 unspecified atom stereocenters. The van der Waals surface area contributed by atoms with Crippen LogP contribution in [0.2, 0.25) is 0 Å². The number of aryl methyl sites for hydroxylation is 1. The number of nitrogens with one attached hydrogen (secondary N) is 1. The van der Waals surface area contributed by atoms with Crippen LogP contribution in [-0.4, -0.2) is 28.7 Å². The van der Waals surface area contributed by atoms with Crippen LogP contribution in [-0.2, 0) is 22.6 Å². The molecule has 0 bridgehead atoms. The quantitative estimate of drug-likeness (QED) is 0.732. The second kappa shape index (κ2) is 7.94. The highest BCUT2D eigenvalue weighted by Crippen LogP contribution is 2.10. The number of imidazole rings is 1. The molecular formula is C14H25N3O2. The predicted molar refractivity (Wildman–Crippen MR) is 74.6 cm³/mol. The number of aromatic nitrogens is 2. The van der Waals surface area contributed by atoms with Crippen molar-refractivity contribution in [3.8, 4) is 0 Å². The first kappa shape index (κ1) is 15.7. The monoisotopic (exact) mass is 267 g/mol. The number of rotatable bonds is 8. The number of hydrogen-bond acceptors (Lipinski definition) is 4. The molecule has 108 valence electrons. The molecule has 0 aromatic carbocycles. The lowest BCUT2D eigenvalue weighted by Crippen LogP contribution is -2.42. The summed E-state index contributed by atoms with van der Waals surface area (Å²) in [5.41, 5.74) is 1.10. The molecule has 0 fully saturated rings. The lowest BCUT2D eigenvalue weighted by molar-refractivity contribution is -0.144. The highest BCUT2D eigenvalue weighted by molar-refractivity contribution is 5.75. The Hall–Kier alpha value is -1.36. The van der Waals surface area contributed by atoms with E-state index in [0.29, 0.717) is 6.54 Å². The van der Waals surface area contributed by atoms with Gasteiger partial charge in [-0.05, 0) is 12.3 Å². The molecule has 19 heavy (non-hydrogen) atoms. The van der Waals surface area contributed by atoms with Crippen LogP contribution in [0.3, 0.4) is 0 Å². The summed E-state index contributed by atoms with van der Waals surface area (Å²) in [4.78, 5) is 15.9. The molecule has 1 aromatic rings. The van der Waals surface area contributed by atoms with Gasteiger partial charge in [-0.2, -0.15) is 0 Å². The fourth-order valence-electron chi connectivity index (χ4n) is 2.03. The van der Waals surface area contributed by atoms with Crippen molar-refractivity contribution in [1.82, 2.24) is 14.9 Å². The lowest BCUT2D eigenvalue weighted by atomic mass is 9.99. The summed E-state index contributed by atoms with van der Waals surface area (Å²) in [6.45, 7) is 7.84. The minimum Gasteiger partial charge on any atom is -0.468 e. The zero-order valence-electron chi connectivity index (χ0n) is 12.3. The standard InChI is InChI=1S/C14H25N3O2/c1-5-7-17-10-15-8-12(17)9-16-13(11(3)6-2)14(18)19-4/h8,10-11,13,16H,5-7,9H2,1-4H3. The first-order valence-corrected chi connectivity index (χ1v) is 6.94. The zero-order valence-corrected chi connectivity index (χ0v) is 12.3. The van der Waals surface area contributed by atoms with Crippen LogP contribution in [0.4, 0.5) is 0 Å². The van der Waals surface area contributed by atoms with Gasteiger partial charge in [0.1, 0.15) is 6.04 Å². The Balaban J connectivity index is 2.65. The van der Waals surface area contributed by atoms with Crippen LogP contribution in [0.1, 0.15) is 39.3 Å². The summed E-state index contributed by atoms with van der Waals surface area (Å²) in [6.07, 6.45) is 5.67. The molecule has 1 N–H and O–H groups in total. The summed E-state index contributed by atoms with van der Waals surface area (Å²) in [6, 6.07) is -0.264. The van der Waals surface area contributed by atoms with Crippen molar-refractivity contribution in [2.75, 3.05) is 7.11 Å². The van der Waals surface area contributed by atoms with Crippen LogP contribution in [0, 0.1) is 5.92 Å². The Morgan fingerprint density at radius 1 is 1.53 bits per heavy atom. The highest BCUT2D eigenvalue weighted by atomic mass is 16.5. The van der Waals surface area contributed by atoms with E-state index in [4.69, 9.17) is 4.74 Å². The maximum absolute atomic E-state index is 11.8. The zero-order chi connectivity index (χ0) is 14.3. The van der Waals surface area contributed by atoms with Gasteiger partial charge in [0.25, 0.3) is 0 Å². The first-order chi connectivity index (χ1) is 9.13. The van der Waals surface area contributed by atoms with Crippen molar-refractivity contribution in [2.24, 2.45) is 5.92 Å². The van der Waals surface area contributed by atoms with Crippen molar-refractivity contribution >= 4 is 5.97 Å². The maximum atomic E-state index is 11.8. The van der Waals surface area contributed by atoms with E-state index < -0.39 is 0 Å². The van der Waals surface area contributed by atoms with E-state index in [-0.39, 0.29) is 17.9 Å². The van der Waals surface area contributed by atoms with Gasteiger partial charge in [-0.15, -0.1) is 0 Å². The van der Waals surface area contributed by atoms with Gasteiger partial charge in [-0.3, -0.25) is 10.1 Å². The summed E-state index contributed by atoms with van der Waals surface area (Å²) in [5.74, 6) is 0.0471. The molecule has 0 amide bonds. The van der Waals surface area contributed by atoms with Crippen molar-refractivity contribution in [3.05, 3.63) is 18.2 Å². The molecule has 1 aromatic heterocycles. The molecular weight excluding hydrogens is 242 g/mol. The highest BCUT2D eigenvalue weighted by Gasteiger charge is 2.24. The number of methoxy groups -OCH3 is 1. The second-order valence-electron chi connectivity index (χ2n) is 4.85. The predicted octanol–water partition coefficient (Wildman–Crippen LogP) is 1.97. The summed E-state index contributed by atoms with van der Waals surface area (Å²) in [5, 5.41) is 3.29. The third-order valence-corrected chi connectivity index (χ3v) is 3.43. The fourth-order valence-corrected chi connectivity index (χ4v) is 2.03. The molecule has 0 saturated heterocycles. The van der Waals surface area contributed by atoms with E-state index >= 15 is 0 Å². The van der Waals surface area contributed by atoms with Gasteiger partial charge in [0.15, 0.2) is 0 Å². The molecule has 2 atom stereocenters. The third-order valence-electron chi connectivity index (χ3n) is 3.43. The molecule has 1 heterocycles. The normalized spacial score (nSPS) is 14.1. The van der Waals surface area contributed by atoms with Gasteiger partial charge in [0.05, 0.1) is 19.1 Å². The largest absolute Gasteiger partial charge is 0.468 e. The molecule has 0 aliphatic heterocycles. The van der Waals surface area contributed by atoms with E-state index in [1.807, 2.05) is 12.5 Å². The van der Waals surface area contributed by atoms with E-state index in [1.54, 1.807) is 0 Å². The minimum atomic E-state index is -0.264. The SMILES string of the molecule is CCCn1cncc1CNC(C(=O)OC)C(C)CC. The molecule has 0 radical (unpaired) electrons. The molecule has 5 nitrogen and oxygen atoms in total. The average molecular weight is 267 g/mol. The van der Waals surface area contributed by atoms with Crippen LogP contribution in [0.25, 0.3) is 0 Å². The molecule has 0 spiro atoms. The van der Waals surface area contributed by atoms with Crippen molar-refractivity contribution in [3.63, 3.8) is 0 Å². The third kappa shape index (κ3) is 4.35. The van der Waals surface area contributed by atoms with Gasteiger partial charge in [0.2, 0.25) is 0 Å². The van der Waals surface area contributed by atoms with Crippen LogP contribution in [0.5, 0.6) is 0 Å². The Kier molecular flexibility index (Phi) is 6.56. The van der Waals surface area contributed by atoms with Crippen molar-refractivity contribution < 1.29 is 9.53 Å². The Morgan fingerprint density at radius 3 is 2.84 bits per heavy atom. The number of esters is 1. The number of nitrogens with zero attached hydrogens (tertiary/aromatic N) is 2. The van der Waals surface area contributed by atoms with Crippen molar-refractivity contribution in [1.29, 1.82) is 0 Å². The topological polar surface area (TPSA) is 56.2 Å². The summed E-state index contributed by atoms with van der Waals surface area (Å²) < 4.78 is 6.97. The van der Waals surface area contributed by atoms with Gasteiger partial charge in [0, 0.05) is 19.3 Å². The number of carbonyl (C=O) groups excluding carboxylic acids is 1. The number of hydrogen-bond donors (Lipinski definition) is 1. The smallest absolute Gasteiger partial charge is 0.323 e. The number of ether oxygens (including phenoxy) is 1. The Bertz CT molecular complexity index is 390. The average Bonchev–Trinajstić information content (AvgIpc) is 2.86. The molecule has 0 aliphatic carbocycles. The molecule has 5 heteroatoms. The van der Waals surface area contributed by atoms with Crippen molar-refractivity contribution in [2.45, 2.75) is 52.7 Å². The summed E-state index contributed by atoms with van der Waals surface area (Å²) >= 11 is 0. The van der Waals surface area contributed by atoms with Crippen LogP contribution in [0.15, 0.2) is 12.5 Å². The van der Waals surface area contributed by atoms with E-state index in [0.717, 1.165) is 25.1 Å². The van der Waals surface area contributed by atoms with Gasteiger partial charge in [-0.25, -0.2) is 4.98 Å². The first-order valence-electron chi connectivity index (χ1n) is 6.94. The van der Waals surface area contributed by atoms with Gasteiger partial charge < -0.3 is 9.30 Å². The minimum absolute atomic E-state index is 0.198. The van der Waals surface area contributed by atoms with E-state index in [2.05, 4.69) is 35.6 Å². The molecule has 0 saturated carbocycles. The van der Waals surface area contributed by atoms with E-state index in [1.165, 1.54) is 7.11 Å². The second-order valence-corrected chi connectivity index (χ2v) is 4.85. The van der Waals surface area contributed by atoms with E-state index in [9.17, 15) is 4.79 Å². The molecule has 0 aliphatic rings. The Labute approximate surface area is 115 Å². The summed E-state index contributed by atoms with van der Waals surface area (Å²) in [7, 11) is 1.43. The lowest BCUT2D eigenvalue weighted by Gasteiger charge is -2.22. The maximum Gasteiger partial charge on any atom is 0.323 e. The van der Waals surface area contributed by atoms with Gasteiger partial charge in [-0.1, -0.05) is 27.2 Å².